The molecule has 1 fully saturated rings. The highest BCUT2D eigenvalue weighted by Crippen LogP contribution is 2.02. The van der Waals surface area contributed by atoms with Gasteiger partial charge in [-0.3, -0.25) is 0 Å². The van der Waals surface area contributed by atoms with Crippen molar-refractivity contribution in [2.45, 2.75) is 13.8 Å². The maximum atomic E-state index is 2.55. The molecule has 0 spiro atoms. The number of rotatable bonds is 2. The summed E-state index contributed by atoms with van der Waals surface area (Å²) in [5.41, 5.74) is 0. The van der Waals surface area contributed by atoms with Gasteiger partial charge in [0.1, 0.15) is 0 Å². The molecule has 0 aromatic carbocycles. The Labute approximate surface area is 57.6 Å². The Bertz CT molecular complexity index is 62.8. The van der Waals surface area contributed by atoms with Crippen LogP contribution in [0, 0.1) is 0 Å². The van der Waals surface area contributed by atoms with Gasteiger partial charge in [-0.25, -0.2) is 0 Å². The summed E-state index contributed by atoms with van der Waals surface area (Å²) in [5.74, 6) is 0. The molecule has 0 atom stereocenters. The zero-order valence-electron chi connectivity index (χ0n) is 5.72. The van der Waals surface area contributed by atoms with Crippen molar-refractivity contribution >= 4 is 15.7 Å². The molecule has 0 aromatic heterocycles. The first kappa shape index (κ1) is 6.57. The minimum absolute atomic E-state index is 0.0995. The predicted molar refractivity (Wildman–Crippen MR) is 36.8 cm³/mol. The van der Waals surface area contributed by atoms with E-state index >= 15 is 0 Å². The van der Waals surface area contributed by atoms with Gasteiger partial charge in [0.15, 0.2) is 0 Å². The van der Waals surface area contributed by atoms with E-state index in [9.17, 15) is 0 Å². The van der Waals surface area contributed by atoms with Gasteiger partial charge in [-0.15, -0.1) is 0 Å². The van der Waals surface area contributed by atoms with Crippen molar-refractivity contribution in [3.8, 4) is 0 Å². The summed E-state index contributed by atoms with van der Waals surface area (Å²) in [6.07, 6.45) is 0. The quantitative estimate of drug-likeness (QED) is 0.478. The van der Waals surface area contributed by atoms with Crippen LogP contribution in [0.15, 0.2) is 0 Å². The van der Waals surface area contributed by atoms with Crippen molar-refractivity contribution in [2.24, 2.45) is 0 Å². The van der Waals surface area contributed by atoms with Crippen LogP contribution in [0.2, 0.25) is 0 Å². The molecule has 0 saturated carbocycles. The lowest BCUT2D eigenvalue weighted by molar-refractivity contribution is 0.215. The van der Waals surface area contributed by atoms with Gasteiger partial charge in [0.25, 0.3) is 0 Å². The normalized spacial score (nSPS) is 22.2. The fourth-order valence-corrected chi connectivity index (χ4v) is 2.23. The topological polar surface area (TPSA) is 6.48 Å². The molecule has 1 aliphatic heterocycles. The largest absolute Gasteiger partial charge is 0.465 e. The lowest BCUT2D eigenvalue weighted by Gasteiger charge is -2.40. The van der Waals surface area contributed by atoms with Crippen molar-refractivity contribution in [3.05, 3.63) is 0 Å². The maximum Gasteiger partial charge on any atom is 0.465 e. The van der Waals surface area contributed by atoms with Crippen LogP contribution in [0.4, 0.5) is 0 Å². The Morgan fingerprint density at radius 3 is 1.88 bits per heavy atom. The van der Waals surface area contributed by atoms with Crippen LogP contribution in [-0.2, 0) is 0 Å². The first-order valence-electron chi connectivity index (χ1n) is 3.31. The van der Waals surface area contributed by atoms with Crippen molar-refractivity contribution < 1.29 is 0 Å². The molecule has 1 saturated heterocycles. The van der Waals surface area contributed by atoms with Crippen molar-refractivity contribution in [1.82, 2.24) is 7.77 Å². The molecule has 0 N–H and O–H groups in total. The molecule has 0 aromatic rings. The van der Waals surface area contributed by atoms with Crippen LogP contribution in [0.3, 0.4) is 0 Å². The van der Waals surface area contributed by atoms with Crippen LogP contribution in [0.5, 0.6) is 0 Å². The highest BCUT2D eigenvalue weighted by atomic mass is 27.1. The number of nitrogens with zero attached hydrogens (tertiary/aromatic N) is 2. The van der Waals surface area contributed by atoms with E-state index < -0.39 is 0 Å². The van der Waals surface area contributed by atoms with Crippen molar-refractivity contribution in [1.29, 1.82) is 0 Å². The zero-order valence-corrected chi connectivity index (χ0v) is 7.14. The third kappa shape index (κ3) is 1.24. The highest BCUT2D eigenvalue weighted by Gasteiger charge is 2.23. The van der Waals surface area contributed by atoms with Gasteiger partial charge in [0, 0.05) is 6.67 Å². The second-order valence-electron chi connectivity index (χ2n) is 2.26. The Balaban J connectivity index is 2.03. The molecule has 8 heavy (non-hydrogen) atoms. The summed E-state index contributed by atoms with van der Waals surface area (Å²) in [4.78, 5) is 0. The molecule has 0 aliphatic carbocycles. The van der Waals surface area contributed by atoms with Gasteiger partial charge in [-0.2, -0.15) is 0 Å². The predicted octanol–water partition coefficient (Wildman–Crippen LogP) is -0.132. The molecular formula is C5H13AlN2. The minimum Gasteiger partial charge on any atom is -0.364 e. The van der Waals surface area contributed by atoms with Crippen molar-refractivity contribution in [2.75, 3.05) is 19.8 Å². The van der Waals surface area contributed by atoms with Gasteiger partial charge < -0.3 is 7.77 Å². The molecule has 0 amide bonds. The first-order chi connectivity index (χ1) is 3.86. The summed E-state index contributed by atoms with van der Waals surface area (Å²) in [7, 11) is 0. The van der Waals surface area contributed by atoms with E-state index in [1.54, 1.807) is 0 Å². The van der Waals surface area contributed by atoms with E-state index in [1.165, 1.54) is 19.8 Å². The molecular weight excluding hydrogens is 115 g/mol. The van der Waals surface area contributed by atoms with Crippen LogP contribution in [0.25, 0.3) is 0 Å². The monoisotopic (exact) mass is 128 g/mol. The lowest BCUT2D eigenvalue weighted by Crippen LogP contribution is -2.57. The number of hydrogen-bond donors (Lipinski definition) is 0. The van der Waals surface area contributed by atoms with E-state index in [0.29, 0.717) is 0 Å². The van der Waals surface area contributed by atoms with Crippen LogP contribution in [-0.4, -0.2) is 43.2 Å². The smallest absolute Gasteiger partial charge is 0.364 e. The minimum atomic E-state index is 0.0995. The van der Waals surface area contributed by atoms with Gasteiger partial charge in [-0.1, -0.05) is 13.8 Å². The SMILES string of the molecule is CC[N]1C[N](CC)[AlH]1. The molecule has 1 heterocycles. The van der Waals surface area contributed by atoms with E-state index in [2.05, 4.69) is 21.6 Å². The second-order valence-corrected chi connectivity index (χ2v) is 4.33. The van der Waals surface area contributed by atoms with Crippen molar-refractivity contribution in [3.63, 3.8) is 0 Å². The average molecular weight is 128 g/mol. The summed E-state index contributed by atoms with van der Waals surface area (Å²) in [6.45, 7) is 8.25. The standard InChI is InChI=1S/C5H12N2.Al.H/c1-3-6-5-7-4-2;;/h3-5H2,1-2H3;;/q-2;+2;. The number of hydrogen-bond acceptors (Lipinski definition) is 2. The van der Waals surface area contributed by atoms with E-state index in [-0.39, 0.29) is 15.7 Å². The van der Waals surface area contributed by atoms with E-state index in [4.69, 9.17) is 0 Å². The summed E-state index contributed by atoms with van der Waals surface area (Å²) < 4.78 is 5.09. The second kappa shape index (κ2) is 2.84. The van der Waals surface area contributed by atoms with E-state index in [1.807, 2.05) is 0 Å². The fourth-order valence-electron chi connectivity index (χ4n) is 0.924. The highest BCUT2D eigenvalue weighted by molar-refractivity contribution is 6.31. The van der Waals surface area contributed by atoms with Gasteiger partial charge in [0.2, 0.25) is 0 Å². The van der Waals surface area contributed by atoms with Gasteiger partial charge >= 0.3 is 15.7 Å². The van der Waals surface area contributed by atoms with Crippen LogP contribution >= 0.6 is 0 Å². The van der Waals surface area contributed by atoms with Gasteiger partial charge in [0.05, 0.1) is 0 Å². The summed E-state index contributed by atoms with van der Waals surface area (Å²) in [6, 6.07) is 0. The molecule has 2 nitrogen and oxygen atoms in total. The van der Waals surface area contributed by atoms with Gasteiger partial charge in [-0.05, 0) is 13.1 Å². The third-order valence-corrected chi connectivity index (χ3v) is 3.79. The molecule has 0 radical (unpaired) electrons. The van der Waals surface area contributed by atoms with Crippen LogP contribution in [0.1, 0.15) is 13.8 Å². The molecule has 0 unspecified atom stereocenters. The molecule has 3 heteroatoms. The van der Waals surface area contributed by atoms with E-state index in [0.717, 1.165) is 0 Å². The molecule has 1 aliphatic rings. The molecule has 46 valence electrons. The lowest BCUT2D eigenvalue weighted by atomic mass is 10.7. The van der Waals surface area contributed by atoms with Crippen LogP contribution < -0.4 is 0 Å². The Morgan fingerprint density at radius 1 is 1.25 bits per heavy atom. The Hall–Kier alpha value is 0.452. The zero-order chi connectivity index (χ0) is 5.98. The molecule has 1 rings (SSSR count). The Kier molecular flexibility index (Phi) is 2.33. The third-order valence-electron chi connectivity index (χ3n) is 1.69. The first-order valence-corrected chi connectivity index (χ1v) is 4.58. The average Bonchev–Trinajstić information content (AvgIpc) is 1.65. The summed E-state index contributed by atoms with van der Waals surface area (Å²) in [5, 5.41) is 0. The molecule has 0 bridgehead atoms. The summed E-state index contributed by atoms with van der Waals surface area (Å²) >= 11 is 0.0995. The Morgan fingerprint density at radius 2 is 1.62 bits per heavy atom. The maximum absolute atomic E-state index is 2.55. The fraction of sp³-hybridized carbons (Fsp3) is 1.00.